The molecule has 0 unspecified atom stereocenters. The average molecular weight is 288 g/mol. The van der Waals surface area contributed by atoms with Crippen LogP contribution < -0.4 is 4.72 Å². The molecule has 0 aliphatic heterocycles. The van der Waals surface area contributed by atoms with Gasteiger partial charge in [0, 0.05) is 0 Å². The Morgan fingerprint density at radius 2 is 1.94 bits per heavy atom. The minimum absolute atomic E-state index is 0.00339. The molecule has 0 saturated heterocycles. The number of nitrogens with zero attached hydrogens (tertiary/aromatic N) is 2. The monoisotopic (exact) mass is 287 g/mol. The number of halogens is 2. The summed E-state index contributed by atoms with van der Waals surface area (Å²) in [5.41, 5.74) is 0. The Morgan fingerprint density at radius 3 is 2.56 bits per heavy atom. The Bertz CT molecular complexity index is 661. The van der Waals surface area contributed by atoms with E-state index in [1.165, 1.54) is 24.3 Å². The van der Waals surface area contributed by atoms with Crippen molar-refractivity contribution in [3.05, 3.63) is 47.4 Å². The summed E-state index contributed by atoms with van der Waals surface area (Å²) in [5, 5.41) is 7.18. The van der Waals surface area contributed by atoms with Gasteiger partial charge in [0.15, 0.2) is 11.0 Å². The first-order valence-electron chi connectivity index (χ1n) is 4.75. The smallest absolute Gasteiger partial charge is 0.262 e. The number of anilines is 1. The van der Waals surface area contributed by atoms with Gasteiger partial charge in [-0.2, -0.15) is 0 Å². The first kappa shape index (κ1) is 12.7. The summed E-state index contributed by atoms with van der Waals surface area (Å²) >= 11 is 5.52. The summed E-state index contributed by atoms with van der Waals surface area (Å²) in [5.74, 6) is -0.635. The van der Waals surface area contributed by atoms with Gasteiger partial charge in [-0.25, -0.2) is 12.8 Å². The third-order valence-corrected chi connectivity index (χ3v) is 3.53. The molecule has 0 aliphatic rings. The van der Waals surface area contributed by atoms with Gasteiger partial charge in [0.2, 0.25) is 0 Å². The van der Waals surface area contributed by atoms with Crippen molar-refractivity contribution in [2.75, 3.05) is 4.72 Å². The van der Waals surface area contributed by atoms with Crippen LogP contribution in [0.15, 0.2) is 41.3 Å². The van der Waals surface area contributed by atoms with E-state index in [9.17, 15) is 12.8 Å². The zero-order valence-corrected chi connectivity index (χ0v) is 10.4. The van der Waals surface area contributed by atoms with E-state index >= 15 is 0 Å². The molecule has 1 heterocycles. The molecule has 94 valence electrons. The van der Waals surface area contributed by atoms with E-state index in [0.29, 0.717) is 0 Å². The summed E-state index contributed by atoms with van der Waals surface area (Å²) in [4.78, 5) is -0.195. The molecule has 8 heteroatoms. The number of sulfonamides is 1. The number of benzene rings is 1. The van der Waals surface area contributed by atoms with Crippen molar-refractivity contribution in [3.63, 3.8) is 0 Å². The Morgan fingerprint density at radius 1 is 1.17 bits per heavy atom. The minimum Gasteiger partial charge on any atom is -0.262 e. The van der Waals surface area contributed by atoms with E-state index in [4.69, 9.17) is 11.6 Å². The minimum atomic E-state index is -3.88. The molecule has 1 N–H and O–H groups in total. The lowest BCUT2D eigenvalue weighted by Crippen LogP contribution is -2.14. The second-order valence-corrected chi connectivity index (χ2v) is 5.37. The predicted octanol–water partition coefficient (Wildman–Crippen LogP) is 2.07. The number of aromatic nitrogens is 2. The molecule has 18 heavy (non-hydrogen) atoms. The highest BCUT2D eigenvalue weighted by Crippen LogP contribution is 2.15. The van der Waals surface area contributed by atoms with Gasteiger partial charge in [0.1, 0.15) is 5.82 Å². The third kappa shape index (κ3) is 2.93. The first-order chi connectivity index (χ1) is 8.47. The molecule has 0 saturated carbocycles. The molecule has 0 amide bonds. The molecule has 0 aliphatic carbocycles. The topological polar surface area (TPSA) is 72.0 Å². The summed E-state index contributed by atoms with van der Waals surface area (Å²) in [6, 6.07) is 7.38. The molecule has 0 atom stereocenters. The second kappa shape index (κ2) is 4.87. The maximum Gasteiger partial charge on any atom is 0.263 e. The molecule has 1 aromatic carbocycles. The van der Waals surface area contributed by atoms with Gasteiger partial charge in [0.05, 0.1) is 4.90 Å². The van der Waals surface area contributed by atoms with Gasteiger partial charge < -0.3 is 0 Å². The zero-order valence-electron chi connectivity index (χ0n) is 8.84. The van der Waals surface area contributed by atoms with Crippen molar-refractivity contribution < 1.29 is 12.8 Å². The van der Waals surface area contributed by atoms with Crippen LogP contribution in [0.5, 0.6) is 0 Å². The molecule has 1 aromatic heterocycles. The highest BCUT2D eigenvalue weighted by Gasteiger charge is 2.15. The van der Waals surface area contributed by atoms with Gasteiger partial charge >= 0.3 is 0 Å². The largest absolute Gasteiger partial charge is 0.263 e. The van der Waals surface area contributed by atoms with E-state index in [0.717, 1.165) is 12.1 Å². The highest BCUT2D eigenvalue weighted by molar-refractivity contribution is 7.92. The van der Waals surface area contributed by atoms with Gasteiger partial charge in [-0.15, -0.1) is 10.2 Å². The van der Waals surface area contributed by atoms with E-state index < -0.39 is 15.8 Å². The number of hydrogen-bond donors (Lipinski definition) is 1. The van der Waals surface area contributed by atoms with Crippen molar-refractivity contribution in [3.8, 4) is 0 Å². The van der Waals surface area contributed by atoms with Crippen molar-refractivity contribution in [2.24, 2.45) is 0 Å². The van der Waals surface area contributed by atoms with Crippen LogP contribution in [0.4, 0.5) is 10.2 Å². The predicted molar refractivity (Wildman–Crippen MR) is 64.3 cm³/mol. The van der Waals surface area contributed by atoms with E-state index in [2.05, 4.69) is 14.9 Å². The molecule has 5 nitrogen and oxygen atoms in total. The SMILES string of the molecule is O=S(=O)(Nc1ccc(Cl)nn1)c1cccc(F)c1. The van der Waals surface area contributed by atoms with E-state index in [-0.39, 0.29) is 15.9 Å². The second-order valence-electron chi connectivity index (χ2n) is 3.30. The Balaban J connectivity index is 2.30. The first-order valence-corrected chi connectivity index (χ1v) is 6.61. The lowest BCUT2D eigenvalue weighted by Gasteiger charge is -2.06. The van der Waals surface area contributed by atoms with Gasteiger partial charge in [-0.05, 0) is 30.3 Å². The zero-order chi connectivity index (χ0) is 13.2. The van der Waals surface area contributed by atoms with Crippen molar-refractivity contribution >= 4 is 27.4 Å². The van der Waals surface area contributed by atoms with Crippen LogP contribution in [-0.4, -0.2) is 18.6 Å². The van der Waals surface area contributed by atoms with Crippen molar-refractivity contribution in [1.82, 2.24) is 10.2 Å². The molecular weight excluding hydrogens is 281 g/mol. The highest BCUT2D eigenvalue weighted by atomic mass is 35.5. The standard InChI is InChI=1S/C10H7ClFN3O2S/c11-9-4-5-10(14-13-9)15-18(16,17)8-3-1-2-7(12)6-8/h1-6H,(H,14,15). The number of nitrogens with one attached hydrogen (secondary N) is 1. The summed E-state index contributed by atoms with van der Waals surface area (Å²) < 4.78 is 38.8. The quantitative estimate of drug-likeness (QED) is 0.938. The van der Waals surface area contributed by atoms with E-state index in [1.807, 2.05) is 0 Å². The number of rotatable bonds is 3. The lowest BCUT2D eigenvalue weighted by atomic mass is 10.4. The maximum atomic E-state index is 13.0. The van der Waals surface area contributed by atoms with Gasteiger partial charge in [-0.3, -0.25) is 4.72 Å². The Kier molecular flexibility index (Phi) is 3.44. The van der Waals surface area contributed by atoms with Crippen LogP contribution in [0.25, 0.3) is 0 Å². The summed E-state index contributed by atoms with van der Waals surface area (Å²) in [6.45, 7) is 0. The normalized spacial score (nSPS) is 11.2. The van der Waals surface area contributed by atoms with Gasteiger partial charge in [0.25, 0.3) is 10.0 Å². The maximum absolute atomic E-state index is 13.0. The van der Waals surface area contributed by atoms with Crippen LogP contribution in [0.2, 0.25) is 5.15 Å². The fraction of sp³-hybridized carbons (Fsp3) is 0. The molecule has 0 spiro atoms. The van der Waals surface area contributed by atoms with Crippen LogP contribution in [0, 0.1) is 5.82 Å². The average Bonchev–Trinajstić information content (AvgIpc) is 2.32. The molecule has 0 bridgehead atoms. The fourth-order valence-electron chi connectivity index (χ4n) is 1.20. The third-order valence-electron chi connectivity index (χ3n) is 1.98. The lowest BCUT2D eigenvalue weighted by molar-refractivity contribution is 0.595. The Labute approximate surface area is 108 Å². The summed E-state index contributed by atoms with van der Waals surface area (Å²) in [7, 11) is -3.88. The van der Waals surface area contributed by atoms with Crippen LogP contribution in [-0.2, 0) is 10.0 Å². The van der Waals surface area contributed by atoms with Crippen LogP contribution >= 0.6 is 11.6 Å². The molecule has 0 radical (unpaired) electrons. The molecular formula is C10H7ClFN3O2S. The molecule has 0 fully saturated rings. The van der Waals surface area contributed by atoms with Crippen LogP contribution in [0.1, 0.15) is 0 Å². The molecule has 2 aromatic rings. The van der Waals surface area contributed by atoms with E-state index in [1.54, 1.807) is 0 Å². The van der Waals surface area contributed by atoms with Crippen molar-refractivity contribution in [1.29, 1.82) is 0 Å². The molecule has 2 rings (SSSR count). The summed E-state index contributed by atoms with van der Waals surface area (Å²) in [6.07, 6.45) is 0. The fourth-order valence-corrected chi connectivity index (χ4v) is 2.33. The van der Waals surface area contributed by atoms with Crippen LogP contribution in [0.3, 0.4) is 0 Å². The number of hydrogen-bond acceptors (Lipinski definition) is 4. The van der Waals surface area contributed by atoms with Gasteiger partial charge in [-0.1, -0.05) is 17.7 Å². The van der Waals surface area contributed by atoms with Crippen molar-refractivity contribution in [2.45, 2.75) is 4.90 Å². The Hall–Kier alpha value is -1.73.